The molecule has 3 rings (SSSR count). The number of carboxylic acid groups (broad SMARTS) is 1. The highest BCUT2D eigenvalue weighted by Gasteiger charge is 2.36. The van der Waals surface area contributed by atoms with Crippen molar-refractivity contribution >= 4 is 11.9 Å². The van der Waals surface area contributed by atoms with Gasteiger partial charge in [0, 0.05) is 18.9 Å². The molecule has 1 aliphatic rings. The monoisotopic (exact) mass is 337 g/mol. The van der Waals surface area contributed by atoms with Gasteiger partial charge in [-0.05, 0) is 30.0 Å². The minimum absolute atomic E-state index is 0.0949. The number of carboxylic acids is 1. The third kappa shape index (κ3) is 3.73. The Morgan fingerprint density at radius 3 is 2.40 bits per heavy atom. The highest BCUT2D eigenvalue weighted by atomic mass is 16.4. The van der Waals surface area contributed by atoms with Gasteiger partial charge in [0.25, 0.3) is 0 Å². The van der Waals surface area contributed by atoms with Gasteiger partial charge < -0.3 is 10.0 Å². The fraction of sp³-hybridized carbons (Fsp3) is 0.333. The van der Waals surface area contributed by atoms with Crippen molar-refractivity contribution in [3.05, 3.63) is 70.8 Å². The Bertz CT molecular complexity index is 782. The van der Waals surface area contributed by atoms with Crippen molar-refractivity contribution in [1.29, 1.82) is 0 Å². The van der Waals surface area contributed by atoms with E-state index in [1.807, 2.05) is 62.4 Å². The number of nitrogens with zero attached hydrogens (tertiary/aromatic N) is 1. The Morgan fingerprint density at radius 2 is 1.76 bits per heavy atom. The number of carbonyl (C=O) groups excluding carboxylic acids is 1. The quantitative estimate of drug-likeness (QED) is 0.932. The minimum Gasteiger partial charge on any atom is -0.480 e. The van der Waals surface area contributed by atoms with Crippen molar-refractivity contribution in [1.82, 2.24) is 4.90 Å². The molecule has 2 aromatic carbocycles. The molecule has 0 aromatic heterocycles. The van der Waals surface area contributed by atoms with Crippen LogP contribution in [0.3, 0.4) is 0 Å². The highest BCUT2D eigenvalue weighted by Crippen LogP contribution is 2.26. The van der Waals surface area contributed by atoms with Gasteiger partial charge >= 0.3 is 5.97 Å². The molecule has 0 bridgehead atoms. The summed E-state index contributed by atoms with van der Waals surface area (Å²) in [6, 6.07) is 15.1. The molecular weight excluding hydrogens is 314 g/mol. The van der Waals surface area contributed by atoms with E-state index in [1.54, 1.807) is 0 Å². The summed E-state index contributed by atoms with van der Waals surface area (Å²) < 4.78 is 0. The van der Waals surface area contributed by atoms with Crippen molar-refractivity contribution in [3.63, 3.8) is 0 Å². The molecule has 1 aliphatic heterocycles. The summed E-state index contributed by atoms with van der Waals surface area (Å²) in [4.78, 5) is 26.2. The van der Waals surface area contributed by atoms with Crippen LogP contribution in [0.25, 0.3) is 0 Å². The van der Waals surface area contributed by atoms with Crippen molar-refractivity contribution in [2.75, 3.05) is 0 Å². The molecule has 4 nitrogen and oxygen atoms in total. The summed E-state index contributed by atoms with van der Waals surface area (Å²) in [7, 11) is 0. The van der Waals surface area contributed by atoms with Crippen molar-refractivity contribution in [3.8, 4) is 0 Å². The van der Waals surface area contributed by atoms with Gasteiger partial charge in [0.2, 0.25) is 5.91 Å². The zero-order valence-electron chi connectivity index (χ0n) is 14.6. The summed E-state index contributed by atoms with van der Waals surface area (Å²) in [6.07, 6.45) is 0.984. The van der Waals surface area contributed by atoms with E-state index in [0.717, 1.165) is 16.7 Å². The number of carbonyl (C=O) groups is 2. The van der Waals surface area contributed by atoms with E-state index in [-0.39, 0.29) is 11.8 Å². The molecule has 0 spiro atoms. The van der Waals surface area contributed by atoms with E-state index in [0.29, 0.717) is 19.4 Å². The van der Waals surface area contributed by atoms with E-state index in [1.165, 1.54) is 10.5 Å². The van der Waals surface area contributed by atoms with E-state index < -0.39 is 12.0 Å². The molecule has 4 heteroatoms. The van der Waals surface area contributed by atoms with Crippen LogP contribution in [0.2, 0.25) is 0 Å². The summed E-state index contributed by atoms with van der Waals surface area (Å²) in [5, 5.41) is 9.59. The maximum absolute atomic E-state index is 13.0. The first-order valence-corrected chi connectivity index (χ1v) is 8.61. The van der Waals surface area contributed by atoms with Gasteiger partial charge in [-0.1, -0.05) is 61.0 Å². The van der Waals surface area contributed by atoms with Gasteiger partial charge in [-0.2, -0.15) is 0 Å². The van der Waals surface area contributed by atoms with Crippen LogP contribution in [0.5, 0.6) is 0 Å². The molecule has 2 unspecified atom stereocenters. The van der Waals surface area contributed by atoms with E-state index in [2.05, 4.69) is 0 Å². The van der Waals surface area contributed by atoms with Crippen molar-refractivity contribution in [2.45, 2.75) is 39.3 Å². The van der Waals surface area contributed by atoms with Crippen LogP contribution in [-0.2, 0) is 29.0 Å². The van der Waals surface area contributed by atoms with Crippen LogP contribution in [0.1, 0.15) is 29.2 Å². The lowest BCUT2D eigenvalue weighted by Gasteiger charge is -2.36. The molecule has 130 valence electrons. The highest BCUT2D eigenvalue weighted by molar-refractivity contribution is 5.86. The molecule has 1 amide bonds. The molecule has 0 radical (unpaired) electrons. The zero-order valence-corrected chi connectivity index (χ0v) is 14.6. The molecule has 2 atom stereocenters. The number of benzene rings is 2. The standard InChI is InChI=1S/C21H23NO3/c1-14-7-9-16(10-8-14)11-15(2)20(23)22-13-18-6-4-3-5-17(18)12-19(22)21(24)25/h3-10,15,19H,11-13H2,1-2H3,(H,24,25). The third-order valence-electron chi connectivity index (χ3n) is 4.90. The second-order valence-corrected chi connectivity index (χ2v) is 6.88. The van der Waals surface area contributed by atoms with Crippen LogP contribution in [-0.4, -0.2) is 27.9 Å². The minimum atomic E-state index is -0.939. The average molecular weight is 337 g/mol. The predicted molar refractivity (Wildman–Crippen MR) is 96.2 cm³/mol. The lowest BCUT2D eigenvalue weighted by Crippen LogP contribution is -2.50. The van der Waals surface area contributed by atoms with Gasteiger partial charge in [-0.15, -0.1) is 0 Å². The molecule has 0 fully saturated rings. The number of hydrogen-bond donors (Lipinski definition) is 1. The maximum atomic E-state index is 13.0. The lowest BCUT2D eigenvalue weighted by molar-refractivity contribution is -0.153. The number of aliphatic carboxylic acids is 1. The number of amides is 1. The molecule has 25 heavy (non-hydrogen) atoms. The first kappa shape index (κ1) is 17.2. The Morgan fingerprint density at radius 1 is 1.12 bits per heavy atom. The number of aryl methyl sites for hydroxylation is 1. The Balaban J connectivity index is 1.79. The summed E-state index contributed by atoms with van der Waals surface area (Å²) in [6.45, 7) is 4.27. The fourth-order valence-corrected chi connectivity index (χ4v) is 3.42. The van der Waals surface area contributed by atoms with E-state index in [4.69, 9.17) is 0 Å². The van der Waals surface area contributed by atoms with E-state index >= 15 is 0 Å². The second-order valence-electron chi connectivity index (χ2n) is 6.88. The first-order chi connectivity index (χ1) is 12.0. The molecule has 0 saturated carbocycles. The molecule has 0 aliphatic carbocycles. The van der Waals surface area contributed by atoms with Gasteiger partial charge in [0.05, 0.1) is 0 Å². The summed E-state index contributed by atoms with van der Waals surface area (Å²) >= 11 is 0. The topological polar surface area (TPSA) is 57.6 Å². The largest absolute Gasteiger partial charge is 0.480 e. The SMILES string of the molecule is Cc1ccc(CC(C)C(=O)N2Cc3ccccc3CC2C(=O)O)cc1. The molecule has 1 heterocycles. The average Bonchev–Trinajstić information content (AvgIpc) is 2.61. The molecule has 1 N–H and O–H groups in total. The van der Waals surface area contributed by atoms with Crippen LogP contribution in [0, 0.1) is 12.8 Å². The number of hydrogen-bond acceptors (Lipinski definition) is 2. The lowest BCUT2D eigenvalue weighted by atomic mass is 9.91. The van der Waals surface area contributed by atoms with Gasteiger partial charge in [-0.25, -0.2) is 4.79 Å². The Hall–Kier alpha value is -2.62. The van der Waals surface area contributed by atoms with E-state index in [9.17, 15) is 14.7 Å². The van der Waals surface area contributed by atoms with Crippen LogP contribution < -0.4 is 0 Å². The second kappa shape index (κ2) is 7.09. The molecular formula is C21H23NO3. The number of rotatable bonds is 4. The fourth-order valence-electron chi connectivity index (χ4n) is 3.42. The van der Waals surface area contributed by atoms with Gasteiger partial charge in [-0.3, -0.25) is 4.79 Å². The number of fused-ring (bicyclic) bond motifs is 1. The normalized spacial score (nSPS) is 17.7. The third-order valence-corrected chi connectivity index (χ3v) is 4.90. The smallest absolute Gasteiger partial charge is 0.326 e. The van der Waals surface area contributed by atoms with Gasteiger partial charge in [0.1, 0.15) is 6.04 Å². The summed E-state index contributed by atoms with van der Waals surface area (Å²) in [5.74, 6) is -1.29. The summed E-state index contributed by atoms with van der Waals surface area (Å²) in [5.41, 5.74) is 4.33. The Kier molecular flexibility index (Phi) is 4.88. The van der Waals surface area contributed by atoms with Crippen LogP contribution in [0.4, 0.5) is 0 Å². The van der Waals surface area contributed by atoms with Crippen LogP contribution >= 0.6 is 0 Å². The maximum Gasteiger partial charge on any atom is 0.326 e. The molecule has 0 saturated heterocycles. The van der Waals surface area contributed by atoms with Crippen molar-refractivity contribution < 1.29 is 14.7 Å². The van der Waals surface area contributed by atoms with Crippen molar-refractivity contribution in [2.24, 2.45) is 5.92 Å². The zero-order chi connectivity index (χ0) is 18.0. The Labute approximate surface area is 148 Å². The molecule has 2 aromatic rings. The van der Waals surface area contributed by atoms with Crippen LogP contribution in [0.15, 0.2) is 48.5 Å². The van der Waals surface area contributed by atoms with Gasteiger partial charge in [0.15, 0.2) is 0 Å². The predicted octanol–water partition coefficient (Wildman–Crippen LogP) is 3.21. The first-order valence-electron chi connectivity index (χ1n) is 8.61.